The number of carbonyl (C=O) groups is 1. The molecule has 0 spiro atoms. The molecule has 0 bridgehead atoms. The van der Waals surface area contributed by atoms with Crippen LogP contribution < -0.4 is 14.4 Å². The van der Waals surface area contributed by atoms with E-state index in [1.165, 1.54) is 11.3 Å². The highest BCUT2D eigenvalue weighted by molar-refractivity contribution is 7.14. The van der Waals surface area contributed by atoms with Gasteiger partial charge >= 0.3 is 0 Å². The fourth-order valence-electron chi connectivity index (χ4n) is 2.70. The van der Waals surface area contributed by atoms with Crippen LogP contribution in [0.2, 0.25) is 5.02 Å². The first-order chi connectivity index (χ1) is 12.6. The van der Waals surface area contributed by atoms with Crippen molar-refractivity contribution in [3.05, 3.63) is 64.1 Å². The van der Waals surface area contributed by atoms with E-state index in [2.05, 4.69) is 4.98 Å². The van der Waals surface area contributed by atoms with Crippen LogP contribution in [0, 0.1) is 6.92 Å². The van der Waals surface area contributed by atoms with Gasteiger partial charge in [0.05, 0.1) is 16.4 Å². The molecule has 3 aromatic rings. The molecule has 26 heavy (non-hydrogen) atoms. The number of carbonyl (C=O) groups excluding carboxylic acids is 1. The molecule has 2 aromatic carbocycles. The molecule has 1 amide bonds. The summed E-state index contributed by atoms with van der Waals surface area (Å²) in [5.41, 5.74) is 2.01. The van der Waals surface area contributed by atoms with Gasteiger partial charge < -0.3 is 9.47 Å². The van der Waals surface area contributed by atoms with Gasteiger partial charge in [-0.1, -0.05) is 29.8 Å². The summed E-state index contributed by atoms with van der Waals surface area (Å²) in [5, 5.41) is 2.87. The Morgan fingerprint density at radius 3 is 2.69 bits per heavy atom. The third kappa shape index (κ3) is 3.13. The molecule has 1 aromatic heterocycles. The Bertz CT molecular complexity index is 959. The average molecular weight is 387 g/mol. The number of halogens is 1. The van der Waals surface area contributed by atoms with Crippen molar-refractivity contribution in [1.29, 1.82) is 0 Å². The van der Waals surface area contributed by atoms with Gasteiger partial charge in [-0.2, -0.15) is 0 Å². The molecule has 0 saturated heterocycles. The van der Waals surface area contributed by atoms with Gasteiger partial charge in [-0.15, -0.1) is 11.3 Å². The first-order valence-electron chi connectivity index (χ1n) is 8.04. The predicted molar refractivity (Wildman–Crippen MR) is 102 cm³/mol. The van der Waals surface area contributed by atoms with E-state index in [9.17, 15) is 4.79 Å². The van der Waals surface area contributed by atoms with Crippen LogP contribution >= 0.6 is 22.9 Å². The molecule has 0 unspecified atom stereocenters. The number of benzene rings is 2. The molecule has 132 valence electrons. The minimum atomic E-state index is -0.232. The highest BCUT2D eigenvalue weighted by atomic mass is 35.5. The molecule has 0 aliphatic carbocycles. The van der Waals surface area contributed by atoms with Crippen molar-refractivity contribution < 1.29 is 14.3 Å². The van der Waals surface area contributed by atoms with E-state index in [-0.39, 0.29) is 5.91 Å². The predicted octanol–water partition coefficient (Wildman–Crippen LogP) is 4.85. The van der Waals surface area contributed by atoms with E-state index in [4.69, 9.17) is 21.1 Å². The van der Waals surface area contributed by atoms with E-state index in [0.29, 0.717) is 40.4 Å². The Labute approximate surface area is 159 Å². The van der Waals surface area contributed by atoms with Crippen LogP contribution in [-0.2, 0) is 0 Å². The molecule has 2 heterocycles. The van der Waals surface area contributed by atoms with E-state index < -0.39 is 0 Å². The van der Waals surface area contributed by atoms with Gasteiger partial charge in [0.15, 0.2) is 16.6 Å². The summed E-state index contributed by atoms with van der Waals surface area (Å²) in [6.45, 7) is 2.76. The van der Waals surface area contributed by atoms with Crippen molar-refractivity contribution in [2.24, 2.45) is 0 Å². The van der Waals surface area contributed by atoms with Crippen molar-refractivity contribution in [2.75, 3.05) is 18.1 Å². The van der Waals surface area contributed by atoms with E-state index in [1.54, 1.807) is 17.0 Å². The summed E-state index contributed by atoms with van der Waals surface area (Å²) < 4.78 is 11.1. The molecule has 7 heteroatoms. The Morgan fingerprint density at radius 2 is 1.96 bits per heavy atom. The Morgan fingerprint density at radius 1 is 1.19 bits per heavy atom. The highest BCUT2D eigenvalue weighted by Crippen LogP contribution is 2.39. The van der Waals surface area contributed by atoms with Crippen LogP contribution in [0.3, 0.4) is 0 Å². The molecule has 0 saturated carbocycles. The van der Waals surface area contributed by atoms with Crippen LogP contribution in [0.25, 0.3) is 0 Å². The number of ether oxygens (including phenoxy) is 2. The molecular weight excluding hydrogens is 372 g/mol. The fourth-order valence-corrected chi connectivity index (χ4v) is 3.78. The number of thiazole rings is 1. The van der Waals surface area contributed by atoms with Crippen molar-refractivity contribution in [3.63, 3.8) is 0 Å². The normalized spacial score (nSPS) is 12.7. The Kier molecular flexibility index (Phi) is 4.53. The van der Waals surface area contributed by atoms with Crippen LogP contribution in [0.15, 0.2) is 47.8 Å². The summed E-state index contributed by atoms with van der Waals surface area (Å²) >= 11 is 7.72. The lowest BCUT2D eigenvalue weighted by molar-refractivity contribution is 0.0998. The Balaban J connectivity index is 1.79. The average Bonchev–Trinajstić information content (AvgIpc) is 3.08. The second-order valence-corrected chi connectivity index (χ2v) is 6.97. The van der Waals surface area contributed by atoms with Gasteiger partial charge in [-0.25, -0.2) is 4.98 Å². The molecule has 4 rings (SSSR count). The van der Waals surface area contributed by atoms with E-state index in [1.807, 2.05) is 42.6 Å². The van der Waals surface area contributed by atoms with Gasteiger partial charge in [0.25, 0.3) is 5.91 Å². The standard InChI is InChI=1S/C19H15ClN2O3S/c1-12-11-26-19(21-12)22(14-5-3-2-4-6-14)18(23)13-9-15(20)17-16(10-13)24-7-8-25-17/h2-6,9-11H,7-8H2,1H3. The molecule has 0 fully saturated rings. The minimum absolute atomic E-state index is 0.232. The fraction of sp³-hybridized carbons (Fsp3) is 0.158. The molecule has 1 aliphatic heterocycles. The van der Waals surface area contributed by atoms with Gasteiger partial charge in [-0.3, -0.25) is 9.69 Å². The molecule has 1 aliphatic rings. The third-order valence-corrected chi connectivity index (χ3v) is 5.08. The van der Waals surface area contributed by atoms with Crippen molar-refractivity contribution in [2.45, 2.75) is 6.92 Å². The molecule has 5 nitrogen and oxygen atoms in total. The monoisotopic (exact) mass is 386 g/mol. The van der Waals surface area contributed by atoms with Gasteiger partial charge in [0, 0.05) is 10.9 Å². The zero-order valence-electron chi connectivity index (χ0n) is 13.9. The smallest absolute Gasteiger partial charge is 0.264 e. The maximum Gasteiger partial charge on any atom is 0.264 e. The minimum Gasteiger partial charge on any atom is -0.486 e. The number of para-hydroxylation sites is 1. The summed E-state index contributed by atoms with van der Waals surface area (Å²) in [6.07, 6.45) is 0. The SMILES string of the molecule is Cc1csc(N(C(=O)c2cc(Cl)c3c(c2)OCCO3)c2ccccc2)n1. The second-order valence-electron chi connectivity index (χ2n) is 5.73. The number of nitrogens with zero attached hydrogens (tertiary/aromatic N) is 2. The topological polar surface area (TPSA) is 51.7 Å². The van der Waals surface area contributed by atoms with Crippen molar-refractivity contribution >= 4 is 39.7 Å². The van der Waals surface area contributed by atoms with Crippen LogP contribution in [0.4, 0.5) is 10.8 Å². The second kappa shape index (κ2) is 6.97. The van der Waals surface area contributed by atoms with Crippen molar-refractivity contribution in [3.8, 4) is 11.5 Å². The van der Waals surface area contributed by atoms with E-state index in [0.717, 1.165) is 11.4 Å². The molecule has 0 N–H and O–H groups in total. The van der Waals surface area contributed by atoms with Crippen molar-refractivity contribution in [1.82, 2.24) is 4.98 Å². The molecule has 0 atom stereocenters. The van der Waals surface area contributed by atoms with Crippen LogP contribution in [0.1, 0.15) is 16.1 Å². The zero-order valence-corrected chi connectivity index (χ0v) is 15.5. The first kappa shape index (κ1) is 16.9. The van der Waals surface area contributed by atoms with Crippen LogP contribution in [-0.4, -0.2) is 24.1 Å². The zero-order chi connectivity index (χ0) is 18.1. The summed E-state index contributed by atoms with van der Waals surface area (Å²) in [6, 6.07) is 12.7. The summed E-state index contributed by atoms with van der Waals surface area (Å²) in [5.74, 6) is 0.727. The number of anilines is 2. The number of aromatic nitrogens is 1. The van der Waals surface area contributed by atoms with Gasteiger partial charge in [-0.05, 0) is 31.2 Å². The summed E-state index contributed by atoms with van der Waals surface area (Å²) in [7, 11) is 0. The number of hydrogen-bond acceptors (Lipinski definition) is 5. The number of aryl methyl sites for hydroxylation is 1. The highest BCUT2D eigenvalue weighted by Gasteiger charge is 2.26. The third-order valence-electron chi connectivity index (χ3n) is 3.86. The number of hydrogen-bond donors (Lipinski definition) is 0. The lowest BCUT2D eigenvalue weighted by Crippen LogP contribution is -2.26. The quantitative estimate of drug-likeness (QED) is 0.645. The van der Waals surface area contributed by atoms with Crippen LogP contribution in [0.5, 0.6) is 11.5 Å². The number of amides is 1. The maximum atomic E-state index is 13.3. The lowest BCUT2D eigenvalue weighted by Gasteiger charge is -2.23. The number of fused-ring (bicyclic) bond motifs is 1. The summed E-state index contributed by atoms with van der Waals surface area (Å²) in [4.78, 5) is 19.4. The Hall–Kier alpha value is -2.57. The van der Waals surface area contributed by atoms with E-state index >= 15 is 0 Å². The molecular formula is C19H15ClN2O3S. The van der Waals surface area contributed by atoms with Gasteiger partial charge in [0.2, 0.25) is 0 Å². The lowest BCUT2D eigenvalue weighted by atomic mass is 10.1. The number of rotatable bonds is 3. The first-order valence-corrected chi connectivity index (χ1v) is 9.30. The largest absolute Gasteiger partial charge is 0.486 e. The van der Waals surface area contributed by atoms with Gasteiger partial charge in [0.1, 0.15) is 13.2 Å². The molecule has 0 radical (unpaired) electrons. The maximum absolute atomic E-state index is 13.3.